The first-order chi connectivity index (χ1) is 14.0. The zero-order valence-corrected chi connectivity index (χ0v) is 19.7. The molecule has 4 fully saturated rings. The molecule has 0 aromatic rings. The largest absolute Gasteiger partial charge is 0.465 e. The van der Waals surface area contributed by atoms with Gasteiger partial charge in [-0.1, -0.05) is 22.9 Å². The zero-order chi connectivity index (χ0) is 21.9. The number of Topliss-reactive ketones (excluding diaryl/α,β-unsaturated/α-hetero) is 1. The van der Waals surface area contributed by atoms with Gasteiger partial charge in [0.25, 0.3) is 0 Å². The highest BCUT2D eigenvalue weighted by atomic mass is 79.9. The molecule has 1 N–H and O–H groups in total. The van der Waals surface area contributed by atoms with E-state index in [1.165, 1.54) is 13.8 Å². The van der Waals surface area contributed by atoms with E-state index in [2.05, 4.69) is 22.9 Å². The Kier molecular flexibility index (Phi) is 5.62. The molecular weight excluding hydrogens is 452 g/mol. The topological polar surface area (TPSA) is 89.9 Å². The van der Waals surface area contributed by atoms with Gasteiger partial charge in [-0.3, -0.25) is 14.4 Å². The first-order valence-corrected chi connectivity index (χ1v) is 12.2. The van der Waals surface area contributed by atoms with Crippen molar-refractivity contribution in [3.8, 4) is 0 Å². The number of aliphatic hydroxyl groups is 1. The van der Waals surface area contributed by atoms with Gasteiger partial charge in [-0.15, -0.1) is 0 Å². The molecule has 0 aliphatic heterocycles. The monoisotopic (exact) mass is 484 g/mol. The van der Waals surface area contributed by atoms with Gasteiger partial charge in [0, 0.05) is 42.3 Å². The Balaban J connectivity index is 1.72. The summed E-state index contributed by atoms with van der Waals surface area (Å²) >= 11 is 3.80. The lowest BCUT2D eigenvalue weighted by atomic mass is 9.43. The molecule has 0 heterocycles. The van der Waals surface area contributed by atoms with Crippen LogP contribution in [0.5, 0.6) is 0 Å². The predicted octanol–water partition coefficient (Wildman–Crippen LogP) is 3.56. The van der Waals surface area contributed by atoms with Gasteiger partial charge in [0.15, 0.2) is 0 Å². The van der Waals surface area contributed by atoms with Gasteiger partial charge in [-0.2, -0.15) is 0 Å². The van der Waals surface area contributed by atoms with E-state index in [9.17, 15) is 19.5 Å². The average molecular weight is 485 g/mol. The standard InChI is InChI=1S/C23H33BrO6/c1-13(25)29-12-22-9-6-15(30-14(2)26)11-23(22,28)19(24)10-16-17-4-5-20(27)21(17,3)8-7-18(16)22/h15-19,28H,4-12H2,1-3H3/t15-,16-,17-,18-,19-,21-,22-,23+/m0/s1. The molecule has 0 spiro atoms. The maximum Gasteiger partial charge on any atom is 0.302 e. The van der Waals surface area contributed by atoms with Gasteiger partial charge >= 0.3 is 11.9 Å². The van der Waals surface area contributed by atoms with Crippen LogP contribution in [0.15, 0.2) is 0 Å². The molecule has 4 aliphatic carbocycles. The van der Waals surface area contributed by atoms with Gasteiger partial charge in [-0.25, -0.2) is 0 Å². The molecule has 0 bridgehead atoms. The number of alkyl halides is 1. The summed E-state index contributed by atoms with van der Waals surface area (Å²) in [5, 5.41) is 12.1. The number of ether oxygens (including phenoxy) is 2. The molecule has 0 radical (unpaired) electrons. The highest BCUT2D eigenvalue weighted by molar-refractivity contribution is 9.09. The molecule has 7 heteroatoms. The Morgan fingerprint density at radius 1 is 1.13 bits per heavy atom. The Labute approximate surface area is 186 Å². The average Bonchev–Trinajstić information content (AvgIpc) is 2.96. The van der Waals surface area contributed by atoms with Crippen molar-refractivity contribution in [3.63, 3.8) is 0 Å². The Morgan fingerprint density at radius 3 is 2.53 bits per heavy atom. The number of fused-ring (bicyclic) bond motifs is 5. The van der Waals surface area contributed by atoms with Gasteiger partial charge in [0.2, 0.25) is 0 Å². The van der Waals surface area contributed by atoms with Crippen molar-refractivity contribution >= 4 is 33.7 Å². The van der Waals surface area contributed by atoms with E-state index < -0.39 is 11.0 Å². The van der Waals surface area contributed by atoms with Crippen molar-refractivity contribution in [2.45, 2.75) is 88.7 Å². The molecular formula is C23H33BrO6. The normalized spacial score (nSPS) is 47.6. The van der Waals surface area contributed by atoms with Crippen molar-refractivity contribution < 1.29 is 29.0 Å². The van der Waals surface area contributed by atoms with Crippen LogP contribution in [0.3, 0.4) is 0 Å². The number of hydrogen-bond donors (Lipinski definition) is 1. The van der Waals surface area contributed by atoms with Gasteiger partial charge in [-0.05, 0) is 56.3 Å². The Bertz CT molecular complexity index is 754. The number of ketones is 1. The predicted molar refractivity (Wildman–Crippen MR) is 113 cm³/mol. The van der Waals surface area contributed by atoms with Gasteiger partial charge in [0.05, 0.1) is 12.2 Å². The molecule has 0 aromatic carbocycles. The van der Waals surface area contributed by atoms with Crippen LogP contribution in [-0.2, 0) is 23.9 Å². The molecule has 0 unspecified atom stereocenters. The summed E-state index contributed by atoms with van der Waals surface area (Å²) in [7, 11) is 0. The Morgan fingerprint density at radius 2 is 1.87 bits per heavy atom. The number of carbonyl (C=O) groups is 3. The van der Waals surface area contributed by atoms with Crippen LogP contribution < -0.4 is 0 Å². The molecule has 168 valence electrons. The maximum atomic E-state index is 12.7. The van der Waals surface area contributed by atoms with Crippen LogP contribution in [0, 0.1) is 28.6 Å². The minimum atomic E-state index is -1.14. The molecule has 0 aromatic heterocycles. The first-order valence-electron chi connectivity index (χ1n) is 11.2. The number of hydrogen-bond acceptors (Lipinski definition) is 6. The third kappa shape index (κ3) is 3.17. The molecule has 4 aliphatic rings. The summed E-state index contributed by atoms with van der Waals surface area (Å²) < 4.78 is 11.1. The zero-order valence-electron chi connectivity index (χ0n) is 18.1. The lowest BCUT2D eigenvalue weighted by Gasteiger charge is -2.65. The third-order valence-electron chi connectivity index (χ3n) is 9.03. The highest BCUT2D eigenvalue weighted by Gasteiger charge is 2.69. The van der Waals surface area contributed by atoms with Crippen molar-refractivity contribution in [3.05, 3.63) is 0 Å². The maximum absolute atomic E-state index is 12.7. The van der Waals surface area contributed by atoms with E-state index >= 15 is 0 Å². The van der Waals surface area contributed by atoms with E-state index in [1.807, 2.05) is 0 Å². The molecule has 8 atom stereocenters. The molecule has 30 heavy (non-hydrogen) atoms. The third-order valence-corrected chi connectivity index (χ3v) is 10.2. The van der Waals surface area contributed by atoms with Gasteiger partial charge in [0.1, 0.15) is 11.9 Å². The lowest BCUT2D eigenvalue weighted by Crippen LogP contribution is -2.70. The van der Waals surface area contributed by atoms with Crippen LogP contribution in [0.25, 0.3) is 0 Å². The van der Waals surface area contributed by atoms with Crippen LogP contribution in [0.2, 0.25) is 0 Å². The van der Waals surface area contributed by atoms with E-state index in [4.69, 9.17) is 9.47 Å². The molecule has 6 nitrogen and oxygen atoms in total. The molecule has 0 amide bonds. The first kappa shape index (κ1) is 22.3. The van der Waals surface area contributed by atoms with Crippen LogP contribution in [0.4, 0.5) is 0 Å². The minimum absolute atomic E-state index is 0.173. The Hall–Kier alpha value is -0.950. The summed E-state index contributed by atoms with van der Waals surface area (Å²) in [6, 6.07) is 0. The molecule has 4 rings (SSSR count). The molecule has 4 saturated carbocycles. The van der Waals surface area contributed by atoms with Crippen LogP contribution in [-0.4, -0.2) is 46.0 Å². The summed E-state index contributed by atoms with van der Waals surface area (Å²) in [5.74, 6) is 0.491. The fourth-order valence-corrected chi connectivity index (χ4v) is 8.69. The second-order valence-corrected chi connectivity index (χ2v) is 11.4. The summed E-state index contributed by atoms with van der Waals surface area (Å²) in [5.41, 5.74) is -2.00. The fraction of sp³-hybridized carbons (Fsp3) is 0.870. The van der Waals surface area contributed by atoms with Crippen molar-refractivity contribution in [1.82, 2.24) is 0 Å². The number of carbonyl (C=O) groups excluding carboxylic acids is 3. The lowest BCUT2D eigenvalue weighted by molar-refractivity contribution is -0.239. The van der Waals surface area contributed by atoms with Crippen molar-refractivity contribution in [2.75, 3.05) is 6.61 Å². The highest BCUT2D eigenvalue weighted by Crippen LogP contribution is 2.67. The summed E-state index contributed by atoms with van der Waals surface area (Å²) in [6.07, 6.45) is 5.30. The smallest absolute Gasteiger partial charge is 0.302 e. The van der Waals surface area contributed by atoms with E-state index in [1.54, 1.807) is 0 Å². The minimum Gasteiger partial charge on any atom is -0.465 e. The molecule has 0 saturated heterocycles. The van der Waals surface area contributed by atoms with Crippen molar-refractivity contribution in [1.29, 1.82) is 0 Å². The SMILES string of the molecule is CC(=O)OC[C@]12CC[C@H](OC(C)=O)C[C@@]1(O)[C@@H](Br)C[C@@H]1[C@@H]2CC[C@]2(C)C(=O)CC[C@@H]12. The second kappa shape index (κ2) is 7.58. The van der Waals surface area contributed by atoms with Crippen LogP contribution in [0.1, 0.15) is 72.1 Å². The quantitative estimate of drug-likeness (QED) is 0.486. The number of esters is 2. The van der Waals surface area contributed by atoms with E-state index in [0.717, 1.165) is 25.7 Å². The summed E-state index contributed by atoms with van der Waals surface area (Å²) in [6.45, 7) is 5.10. The van der Waals surface area contributed by atoms with Crippen LogP contribution >= 0.6 is 15.9 Å². The number of halogens is 1. The fourth-order valence-electron chi connectivity index (χ4n) is 7.61. The van der Waals surface area contributed by atoms with E-state index in [-0.39, 0.29) is 40.8 Å². The van der Waals surface area contributed by atoms with Crippen molar-refractivity contribution in [2.24, 2.45) is 28.6 Å². The number of rotatable bonds is 3. The van der Waals surface area contributed by atoms with E-state index in [0.29, 0.717) is 43.3 Å². The second-order valence-electron chi connectivity index (χ2n) is 10.3. The summed E-state index contributed by atoms with van der Waals surface area (Å²) in [4.78, 5) is 35.8. The van der Waals surface area contributed by atoms with Gasteiger partial charge < -0.3 is 14.6 Å².